The van der Waals surface area contributed by atoms with Crippen LogP contribution in [0.3, 0.4) is 0 Å². The molecule has 17 heavy (non-hydrogen) atoms. The van der Waals surface area contributed by atoms with Gasteiger partial charge in [-0.2, -0.15) is 0 Å². The number of nitrogens with one attached hydrogen (secondary N) is 1. The molecule has 3 unspecified atom stereocenters. The Bertz CT molecular complexity index is 288. The maximum absolute atomic E-state index is 11.9. The molecule has 0 saturated heterocycles. The number of amides is 1. The van der Waals surface area contributed by atoms with E-state index in [0.717, 1.165) is 19.3 Å². The fourth-order valence-corrected chi connectivity index (χ4v) is 2.48. The van der Waals surface area contributed by atoms with E-state index < -0.39 is 11.9 Å². The number of carbonyl (C=O) groups is 2. The molecule has 1 aliphatic carbocycles. The molecule has 0 spiro atoms. The van der Waals surface area contributed by atoms with Gasteiger partial charge in [0.05, 0.1) is 5.92 Å². The molecule has 2 N–H and O–H groups in total. The molecule has 0 aromatic carbocycles. The Balaban J connectivity index is 2.43. The first-order valence-electron chi connectivity index (χ1n) is 6.44. The van der Waals surface area contributed by atoms with Crippen LogP contribution in [0.15, 0.2) is 0 Å². The third kappa shape index (κ3) is 3.72. The molecule has 0 aromatic rings. The molecule has 1 aliphatic rings. The predicted octanol–water partition coefficient (Wildman–Crippen LogP) is 1.90. The van der Waals surface area contributed by atoms with E-state index in [4.69, 9.17) is 5.11 Å². The van der Waals surface area contributed by atoms with Crippen molar-refractivity contribution in [1.82, 2.24) is 5.32 Å². The molecule has 4 nitrogen and oxygen atoms in total. The Morgan fingerprint density at radius 2 is 2.00 bits per heavy atom. The molecule has 0 radical (unpaired) electrons. The van der Waals surface area contributed by atoms with Gasteiger partial charge in [0.2, 0.25) is 5.91 Å². The van der Waals surface area contributed by atoms with Gasteiger partial charge in [-0.25, -0.2) is 0 Å². The van der Waals surface area contributed by atoms with Crippen molar-refractivity contribution in [2.75, 3.05) is 6.54 Å². The van der Waals surface area contributed by atoms with Crippen molar-refractivity contribution < 1.29 is 14.7 Å². The predicted molar refractivity (Wildman–Crippen MR) is 65.5 cm³/mol. The van der Waals surface area contributed by atoms with Gasteiger partial charge in [0.25, 0.3) is 0 Å². The summed E-state index contributed by atoms with van der Waals surface area (Å²) in [6, 6.07) is 0. The van der Waals surface area contributed by atoms with E-state index >= 15 is 0 Å². The van der Waals surface area contributed by atoms with Gasteiger partial charge in [-0.05, 0) is 24.7 Å². The number of rotatable bonds is 5. The first-order valence-corrected chi connectivity index (χ1v) is 6.44. The van der Waals surface area contributed by atoms with Crippen molar-refractivity contribution in [3.05, 3.63) is 0 Å². The molecule has 0 bridgehead atoms. The Kier molecular flexibility index (Phi) is 4.97. The van der Waals surface area contributed by atoms with Gasteiger partial charge in [-0.1, -0.05) is 27.2 Å². The van der Waals surface area contributed by atoms with Crippen LogP contribution in [0.25, 0.3) is 0 Å². The zero-order valence-corrected chi connectivity index (χ0v) is 10.9. The highest BCUT2D eigenvalue weighted by Gasteiger charge is 2.30. The van der Waals surface area contributed by atoms with E-state index in [1.54, 1.807) is 0 Å². The maximum atomic E-state index is 11.9. The highest BCUT2D eigenvalue weighted by molar-refractivity contribution is 5.80. The Labute approximate surface area is 103 Å². The number of hydrogen-bond donors (Lipinski definition) is 2. The first kappa shape index (κ1) is 14.0. The molecule has 0 heterocycles. The lowest BCUT2D eigenvalue weighted by atomic mass is 9.94. The minimum Gasteiger partial charge on any atom is -0.481 e. The van der Waals surface area contributed by atoms with Crippen LogP contribution < -0.4 is 5.32 Å². The van der Waals surface area contributed by atoms with Gasteiger partial charge < -0.3 is 10.4 Å². The molecule has 98 valence electrons. The lowest BCUT2D eigenvalue weighted by Crippen LogP contribution is -2.39. The standard InChI is InChI=1S/C13H23NO3/c1-8(2)11(13(16)17)7-14-12(15)10-6-4-5-9(10)3/h8-11H,4-7H2,1-3H3,(H,14,15)(H,16,17). The van der Waals surface area contributed by atoms with Crippen LogP contribution in [0, 0.1) is 23.7 Å². The van der Waals surface area contributed by atoms with E-state index in [9.17, 15) is 9.59 Å². The topological polar surface area (TPSA) is 66.4 Å². The second-order valence-corrected chi connectivity index (χ2v) is 5.45. The van der Waals surface area contributed by atoms with Crippen LogP contribution in [0.5, 0.6) is 0 Å². The molecule has 1 fully saturated rings. The average Bonchev–Trinajstić information content (AvgIpc) is 2.63. The summed E-state index contributed by atoms with van der Waals surface area (Å²) < 4.78 is 0. The smallest absolute Gasteiger partial charge is 0.308 e. The Hall–Kier alpha value is -1.06. The first-order chi connectivity index (χ1) is 7.93. The number of hydrogen-bond acceptors (Lipinski definition) is 2. The SMILES string of the molecule is CC(C)C(CNC(=O)C1CCCC1C)C(=O)O. The third-order valence-corrected chi connectivity index (χ3v) is 3.82. The molecule has 3 atom stereocenters. The lowest BCUT2D eigenvalue weighted by Gasteiger charge is -2.20. The second kappa shape index (κ2) is 6.03. The lowest BCUT2D eigenvalue weighted by molar-refractivity contribution is -0.143. The normalized spacial score (nSPS) is 25.9. The minimum absolute atomic E-state index is 0.0295. The van der Waals surface area contributed by atoms with Gasteiger partial charge in [0.1, 0.15) is 0 Å². The van der Waals surface area contributed by atoms with Crippen molar-refractivity contribution >= 4 is 11.9 Å². The number of carbonyl (C=O) groups excluding carboxylic acids is 1. The highest BCUT2D eigenvalue weighted by atomic mass is 16.4. The van der Waals surface area contributed by atoms with E-state index in [1.165, 1.54) is 0 Å². The van der Waals surface area contributed by atoms with Crippen molar-refractivity contribution in [2.45, 2.75) is 40.0 Å². The summed E-state index contributed by atoms with van der Waals surface area (Å²) >= 11 is 0. The van der Waals surface area contributed by atoms with Gasteiger partial charge in [0.15, 0.2) is 0 Å². The summed E-state index contributed by atoms with van der Waals surface area (Å²) in [5.74, 6) is -0.750. The highest BCUT2D eigenvalue weighted by Crippen LogP contribution is 2.31. The zero-order valence-electron chi connectivity index (χ0n) is 10.9. The largest absolute Gasteiger partial charge is 0.481 e. The van der Waals surface area contributed by atoms with E-state index in [0.29, 0.717) is 5.92 Å². The van der Waals surface area contributed by atoms with Crippen LogP contribution >= 0.6 is 0 Å². The van der Waals surface area contributed by atoms with Gasteiger partial charge in [0, 0.05) is 12.5 Å². The van der Waals surface area contributed by atoms with Crippen LogP contribution in [0.4, 0.5) is 0 Å². The maximum Gasteiger partial charge on any atom is 0.308 e. The summed E-state index contributed by atoms with van der Waals surface area (Å²) in [6.45, 7) is 6.07. The van der Waals surface area contributed by atoms with Crippen LogP contribution in [0.2, 0.25) is 0 Å². The number of carboxylic acids is 1. The Morgan fingerprint density at radius 1 is 1.35 bits per heavy atom. The zero-order chi connectivity index (χ0) is 13.0. The summed E-state index contributed by atoms with van der Waals surface area (Å²) in [4.78, 5) is 22.9. The number of carboxylic acid groups (broad SMARTS) is 1. The van der Waals surface area contributed by atoms with Gasteiger partial charge in [-0.15, -0.1) is 0 Å². The van der Waals surface area contributed by atoms with Gasteiger partial charge in [-0.3, -0.25) is 9.59 Å². The van der Waals surface area contributed by atoms with Crippen LogP contribution in [-0.2, 0) is 9.59 Å². The van der Waals surface area contributed by atoms with Crippen molar-refractivity contribution in [3.63, 3.8) is 0 Å². The van der Waals surface area contributed by atoms with Crippen molar-refractivity contribution in [2.24, 2.45) is 23.7 Å². The van der Waals surface area contributed by atoms with Crippen molar-refractivity contribution in [1.29, 1.82) is 0 Å². The monoisotopic (exact) mass is 241 g/mol. The summed E-state index contributed by atoms with van der Waals surface area (Å²) in [7, 11) is 0. The average molecular weight is 241 g/mol. The summed E-state index contributed by atoms with van der Waals surface area (Å²) in [6.07, 6.45) is 3.14. The fourth-order valence-electron chi connectivity index (χ4n) is 2.48. The van der Waals surface area contributed by atoms with Crippen molar-refractivity contribution in [3.8, 4) is 0 Å². The molecular formula is C13H23NO3. The van der Waals surface area contributed by atoms with E-state index in [1.807, 2.05) is 13.8 Å². The van der Waals surface area contributed by atoms with E-state index in [2.05, 4.69) is 12.2 Å². The quantitative estimate of drug-likeness (QED) is 0.772. The molecule has 1 saturated carbocycles. The minimum atomic E-state index is -0.834. The molecule has 1 amide bonds. The van der Waals surface area contributed by atoms with Crippen LogP contribution in [0.1, 0.15) is 40.0 Å². The third-order valence-electron chi connectivity index (χ3n) is 3.82. The van der Waals surface area contributed by atoms with Gasteiger partial charge >= 0.3 is 5.97 Å². The van der Waals surface area contributed by atoms with Crippen LogP contribution in [-0.4, -0.2) is 23.5 Å². The summed E-state index contributed by atoms with van der Waals surface area (Å²) in [5, 5.41) is 11.8. The second-order valence-electron chi connectivity index (χ2n) is 5.45. The molecule has 0 aromatic heterocycles. The summed E-state index contributed by atoms with van der Waals surface area (Å²) in [5.41, 5.74) is 0. The Morgan fingerprint density at radius 3 is 2.41 bits per heavy atom. The molecule has 1 rings (SSSR count). The van der Waals surface area contributed by atoms with E-state index in [-0.39, 0.29) is 24.3 Å². The molecule has 0 aliphatic heterocycles. The number of aliphatic carboxylic acids is 1. The molecular weight excluding hydrogens is 218 g/mol. The molecule has 4 heteroatoms. The fraction of sp³-hybridized carbons (Fsp3) is 0.846.